The quantitative estimate of drug-likeness (QED) is 0.753. The molecule has 1 N–H and O–H groups in total. The normalized spacial score (nSPS) is 16.6. The first kappa shape index (κ1) is 21.3. The van der Waals surface area contributed by atoms with Crippen molar-refractivity contribution in [3.63, 3.8) is 0 Å². The lowest BCUT2D eigenvalue weighted by Crippen LogP contribution is -2.42. The Kier molecular flexibility index (Phi) is 6.59. The average molecular weight is 417 g/mol. The molecule has 1 aliphatic heterocycles. The molecule has 1 amide bonds. The van der Waals surface area contributed by atoms with Gasteiger partial charge in [0.25, 0.3) is 10.0 Å². The lowest BCUT2D eigenvalue weighted by molar-refractivity contribution is -0.120. The van der Waals surface area contributed by atoms with E-state index in [-0.39, 0.29) is 23.5 Å². The molecular formula is C22H28N2O4S. The third kappa shape index (κ3) is 5.16. The van der Waals surface area contributed by atoms with Crippen molar-refractivity contribution < 1.29 is 17.9 Å². The van der Waals surface area contributed by atoms with Crippen LogP contribution in [0.5, 0.6) is 0 Å². The monoisotopic (exact) mass is 416 g/mol. The summed E-state index contributed by atoms with van der Waals surface area (Å²) < 4.78 is 33.4. The lowest BCUT2D eigenvalue weighted by Gasteiger charge is -2.25. The summed E-state index contributed by atoms with van der Waals surface area (Å²) in [5, 5.41) is 2.81. The van der Waals surface area contributed by atoms with Gasteiger partial charge < -0.3 is 10.1 Å². The van der Waals surface area contributed by atoms with E-state index in [1.165, 1.54) is 4.31 Å². The Morgan fingerprint density at radius 2 is 1.83 bits per heavy atom. The number of ether oxygens (including phenoxy) is 1. The molecule has 1 atom stereocenters. The summed E-state index contributed by atoms with van der Waals surface area (Å²) in [5.41, 5.74) is 3.47. The minimum Gasteiger partial charge on any atom is -0.376 e. The van der Waals surface area contributed by atoms with Crippen molar-refractivity contribution >= 4 is 21.6 Å². The van der Waals surface area contributed by atoms with Gasteiger partial charge in [-0.15, -0.1) is 0 Å². The van der Waals surface area contributed by atoms with Gasteiger partial charge in [-0.3, -0.25) is 9.10 Å². The van der Waals surface area contributed by atoms with Crippen molar-refractivity contribution in [3.05, 3.63) is 59.2 Å². The number of benzene rings is 2. The third-order valence-electron chi connectivity index (χ3n) is 5.23. The molecule has 29 heavy (non-hydrogen) atoms. The zero-order valence-corrected chi connectivity index (χ0v) is 18.0. The number of anilines is 1. The summed E-state index contributed by atoms with van der Waals surface area (Å²) in [4.78, 5) is 12.8. The summed E-state index contributed by atoms with van der Waals surface area (Å²) in [6, 6.07) is 12.1. The van der Waals surface area contributed by atoms with E-state index >= 15 is 0 Å². The molecule has 156 valence electrons. The summed E-state index contributed by atoms with van der Waals surface area (Å²) in [7, 11) is -3.89. The molecule has 1 saturated heterocycles. The molecule has 1 aliphatic rings. The number of carbonyl (C=O) groups excluding carboxylic acids is 1. The van der Waals surface area contributed by atoms with Crippen LogP contribution in [0.3, 0.4) is 0 Å². The van der Waals surface area contributed by atoms with Crippen LogP contribution in [0, 0.1) is 20.8 Å². The molecule has 1 fully saturated rings. The van der Waals surface area contributed by atoms with E-state index in [4.69, 9.17) is 4.74 Å². The van der Waals surface area contributed by atoms with Crippen LogP contribution in [0.1, 0.15) is 29.5 Å². The number of sulfonamides is 1. The second-order valence-electron chi connectivity index (χ2n) is 7.53. The molecular weight excluding hydrogens is 388 g/mol. The highest BCUT2D eigenvalue weighted by atomic mass is 32.2. The van der Waals surface area contributed by atoms with Crippen LogP contribution >= 0.6 is 0 Å². The van der Waals surface area contributed by atoms with Crippen LogP contribution < -0.4 is 9.62 Å². The van der Waals surface area contributed by atoms with E-state index in [0.717, 1.165) is 29.5 Å². The number of nitrogens with zero attached hydrogens (tertiary/aromatic N) is 1. The molecule has 0 aliphatic carbocycles. The fourth-order valence-electron chi connectivity index (χ4n) is 3.25. The number of amides is 1. The van der Waals surface area contributed by atoms with Gasteiger partial charge in [0.05, 0.1) is 16.7 Å². The topological polar surface area (TPSA) is 75.7 Å². The molecule has 2 aromatic rings. The molecule has 0 unspecified atom stereocenters. The van der Waals surface area contributed by atoms with Crippen LogP contribution in [0.25, 0.3) is 0 Å². The summed E-state index contributed by atoms with van der Waals surface area (Å²) >= 11 is 0. The van der Waals surface area contributed by atoms with Crippen LogP contribution in [-0.2, 0) is 19.6 Å². The molecule has 3 rings (SSSR count). The largest absolute Gasteiger partial charge is 0.376 e. The number of rotatable bonds is 7. The van der Waals surface area contributed by atoms with Crippen molar-refractivity contribution in [2.24, 2.45) is 0 Å². The zero-order chi connectivity index (χ0) is 21.0. The van der Waals surface area contributed by atoms with Gasteiger partial charge in [0, 0.05) is 13.2 Å². The van der Waals surface area contributed by atoms with Crippen LogP contribution in [0.4, 0.5) is 5.69 Å². The molecule has 6 nitrogen and oxygen atoms in total. The predicted molar refractivity (Wildman–Crippen MR) is 114 cm³/mol. The lowest BCUT2D eigenvalue weighted by atomic mass is 10.1. The maximum absolute atomic E-state index is 13.4. The van der Waals surface area contributed by atoms with Crippen molar-refractivity contribution in [1.29, 1.82) is 0 Å². The molecule has 1 heterocycles. The Morgan fingerprint density at radius 3 is 2.45 bits per heavy atom. The van der Waals surface area contributed by atoms with E-state index in [0.29, 0.717) is 18.8 Å². The van der Waals surface area contributed by atoms with Gasteiger partial charge >= 0.3 is 0 Å². The van der Waals surface area contributed by atoms with Gasteiger partial charge in [-0.2, -0.15) is 0 Å². The number of nitrogens with one attached hydrogen (secondary N) is 1. The Morgan fingerprint density at radius 1 is 1.10 bits per heavy atom. The molecule has 0 radical (unpaired) electrons. The molecule has 0 spiro atoms. The Labute approximate surface area is 172 Å². The van der Waals surface area contributed by atoms with Crippen molar-refractivity contribution in [3.8, 4) is 0 Å². The van der Waals surface area contributed by atoms with Crippen LogP contribution in [0.2, 0.25) is 0 Å². The highest BCUT2D eigenvalue weighted by Crippen LogP contribution is 2.26. The van der Waals surface area contributed by atoms with E-state index in [1.807, 2.05) is 26.8 Å². The minimum absolute atomic E-state index is 0.00252. The van der Waals surface area contributed by atoms with Crippen molar-refractivity contribution in [2.45, 2.75) is 44.6 Å². The Balaban J connectivity index is 1.87. The summed E-state index contributed by atoms with van der Waals surface area (Å²) in [5.74, 6) is -0.352. The highest BCUT2D eigenvalue weighted by Gasteiger charge is 2.28. The van der Waals surface area contributed by atoms with E-state index in [1.54, 1.807) is 36.4 Å². The number of hydrogen-bond donors (Lipinski definition) is 1. The Bertz CT molecular complexity index is 965. The zero-order valence-electron chi connectivity index (χ0n) is 17.1. The number of aryl methyl sites for hydroxylation is 3. The molecule has 7 heteroatoms. The van der Waals surface area contributed by atoms with Crippen LogP contribution in [0.15, 0.2) is 47.4 Å². The van der Waals surface area contributed by atoms with Gasteiger partial charge in [-0.25, -0.2) is 8.42 Å². The van der Waals surface area contributed by atoms with Gasteiger partial charge in [0.15, 0.2) is 0 Å². The van der Waals surface area contributed by atoms with Gasteiger partial charge in [-0.1, -0.05) is 23.8 Å². The molecule has 0 saturated carbocycles. The second-order valence-corrected chi connectivity index (χ2v) is 9.39. The van der Waals surface area contributed by atoms with Crippen molar-refractivity contribution in [2.75, 3.05) is 24.0 Å². The fraction of sp³-hybridized carbons (Fsp3) is 0.409. The van der Waals surface area contributed by atoms with Gasteiger partial charge in [0.2, 0.25) is 5.91 Å². The van der Waals surface area contributed by atoms with Crippen LogP contribution in [-0.4, -0.2) is 40.1 Å². The standard InChI is InChI=1S/C22H28N2O4S/c1-16-6-10-21(11-7-16)29(26,27)24(19-9-8-17(2)18(3)13-19)15-22(25)23-14-20-5-4-12-28-20/h6-11,13,20H,4-5,12,14-15H2,1-3H3,(H,23,25)/t20-/m0/s1. The maximum Gasteiger partial charge on any atom is 0.264 e. The minimum atomic E-state index is -3.89. The Hall–Kier alpha value is -2.38. The average Bonchev–Trinajstić information content (AvgIpc) is 3.21. The van der Waals surface area contributed by atoms with Gasteiger partial charge in [0.1, 0.15) is 6.54 Å². The van der Waals surface area contributed by atoms with E-state index < -0.39 is 10.0 Å². The SMILES string of the molecule is Cc1ccc(S(=O)(=O)N(CC(=O)NC[C@@H]2CCCO2)c2ccc(C)c(C)c2)cc1. The first-order valence-electron chi connectivity index (χ1n) is 9.82. The second kappa shape index (κ2) is 8.97. The first-order valence-corrected chi connectivity index (χ1v) is 11.3. The van der Waals surface area contributed by atoms with Gasteiger partial charge in [-0.05, 0) is 69.0 Å². The predicted octanol–water partition coefficient (Wildman–Crippen LogP) is 3.10. The van der Waals surface area contributed by atoms with E-state index in [2.05, 4.69) is 5.32 Å². The molecule has 0 bridgehead atoms. The fourth-order valence-corrected chi connectivity index (χ4v) is 4.67. The third-order valence-corrected chi connectivity index (χ3v) is 7.01. The maximum atomic E-state index is 13.4. The molecule has 2 aromatic carbocycles. The smallest absolute Gasteiger partial charge is 0.264 e. The first-order chi connectivity index (χ1) is 13.8. The summed E-state index contributed by atoms with van der Waals surface area (Å²) in [6.07, 6.45) is 1.89. The number of hydrogen-bond acceptors (Lipinski definition) is 4. The van der Waals surface area contributed by atoms with E-state index in [9.17, 15) is 13.2 Å². The number of carbonyl (C=O) groups is 1. The summed E-state index contributed by atoms with van der Waals surface area (Å²) in [6.45, 7) is 6.60. The molecule has 0 aromatic heterocycles. The highest BCUT2D eigenvalue weighted by molar-refractivity contribution is 7.92. The van der Waals surface area contributed by atoms with Crippen molar-refractivity contribution in [1.82, 2.24) is 5.32 Å².